The monoisotopic (exact) mass is 478 g/mol. The number of aliphatic hydroxyl groups excluding tert-OH is 1. The molecule has 2 N–H and O–H groups in total. The molecule has 0 saturated carbocycles. The Morgan fingerprint density at radius 1 is 1.29 bits per heavy atom. The average Bonchev–Trinajstić information content (AvgIpc) is 3.55. The zero-order chi connectivity index (χ0) is 23.8. The van der Waals surface area contributed by atoms with Crippen molar-refractivity contribution in [2.75, 3.05) is 20.2 Å². The van der Waals surface area contributed by atoms with Crippen LogP contribution in [0.2, 0.25) is 0 Å². The van der Waals surface area contributed by atoms with Gasteiger partial charge in [-0.2, -0.15) is 10.2 Å². The van der Waals surface area contributed by atoms with Crippen LogP contribution in [0.1, 0.15) is 37.8 Å². The lowest BCUT2D eigenvalue weighted by Crippen LogP contribution is -2.30. The number of hydrogen-bond donors (Lipinski definition) is 2. The first-order chi connectivity index (χ1) is 16.4. The minimum Gasteiger partial charge on any atom is -0.394 e. The Labute approximate surface area is 199 Å². The number of amides is 1. The fraction of sp³-hybridized carbons (Fsp3) is 0.250. The van der Waals surface area contributed by atoms with Crippen molar-refractivity contribution in [2.45, 2.75) is 18.9 Å². The molecule has 34 heavy (non-hydrogen) atoms. The molecule has 1 aliphatic rings. The summed E-state index contributed by atoms with van der Waals surface area (Å²) in [5.41, 5.74) is 4.17. The summed E-state index contributed by atoms with van der Waals surface area (Å²) in [4.78, 5) is 18.4. The zero-order valence-electron chi connectivity index (χ0n) is 18.6. The number of benzene rings is 1. The van der Waals surface area contributed by atoms with Crippen LogP contribution in [-0.4, -0.2) is 57.0 Å². The molecular formula is C24H23FN6O2S. The maximum Gasteiger partial charge on any atom is 0.280 e. The molecule has 0 spiro atoms. The van der Waals surface area contributed by atoms with Crippen LogP contribution in [0.15, 0.2) is 53.9 Å². The van der Waals surface area contributed by atoms with Gasteiger partial charge < -0.3 is 10.4 Å². The Bertz CT molecular complexity index is 1380. The highest BCUT2D eigenvalue weighted by molar-refractivity contribution is 7.14. The molecule has 8 nitrogen and oxygen atoms in total. The highest BCUT2D eigenvalue weighted by Crippen LogP contribution is 2.32. The number of hydrogen-bond acceptors (Lipinski definition) is 7. The van der Waals surface area contributed by atoms with Crippen molar-refractivity contribution in [1.29, 1.82) is 0 Å². The molecule has 0 saturated heterocycles. The molecule has 2 atom stereocenters. The lowest BCUT2D eigenvalue weighted by molar-refractivity contribution is 0.0916. The van der Waals surface area contributed by atoms with Gasteiger partial charge in [0, 0.05) is 42.4 Å². The zero-order valence-corrected chi connectivity index (χ0v) is 19.5. The number of halogens is 1. The summed E-state index contributed by atoms with van der Waals surface area (Å²) in [6.07, 6.45) is 5.69. The summed E-state index contributed by atoms with van der Waals surface area (Å²) >= 11 is 1.28. The van der Waals surface area contributed by atoms with E-state index in [1.165, 1.54) is 35.6 Å². The van der Waals surface area contributed by atoms with E-state index in [-0.39, 0.29) is 23.3 Å². The van der Waals surface area contributed by atoms with Crippen LogP contribution in [-0.2, 0) is 0 Å². The lowest BCUT2D eigenvalue weighted by Gasteiger charge is -2.15. The van der Waals surface area contributed by atoms with E-state index < -0.39 is 11.9 Å². The van der Waals surface area contributed by atoms with Crippen molar-refractivity contribution in [3.63, 3.8) is 0 Å². The first-order valence-electron chi connectivity index (χ1n) is 10.8. The van der Waals surface area contributed by atoms with E-state index in [0.29, 0.717) is 11.3 Å². The molecule has 1 aliphatic heterocycles. The highest BCUT2D eigenvalue weighted by atomic mass is 32.1. The molecule has 4 heterocycles. The molecule has 0 aliphatic carbocycles. The Balaban J connectivity index is 1.39. The molecule has 4 aromatic rings. The molecule has 1 amide bonds. The molecule has 5 rings (SSSR count). The van der Waals surface area contributed by atoms with Gasteiger partial charge >= 0.3 is 0 Å². The molecule has 1 unspecified atom stereocenters. The van der Waals surface area contributed by atoms with Gasteiger partial charge in [-0.3, -0.25) is 9.80 Å². The van der Waals surface area contributed by atoms with Crippen molar-refractivity contribution in [2.24, 2.45) is 5.10 Å². The third-order valence-electron chi connectivity index (χ3n) is 5.88. The van der Waals surface area contributed by atoms with Crippen LogP contribution in [0.4, 0.5) is 4.39 Å². The molecule has 3 aromatic heterocycles. The van der Waals surface area contributed by atoms with Gasteiger partial charge in [0.05, 0.1) is 30.1 Å². The molecular weight excluding hydrogens is 455 g/mol. The number of aryl methyl sites for hydroxylation is 1. The van der Waals surface area contributed by atoms with E-state index in [4.69, 9.17) is 0 Å². The molecule has 174 valence electrons. The number of carbonyl (C=O) groups is 1. The Morgan fingerprint density at radius 2 is 2.09 bits per heavy atom. The number of likely N-dealkylation sites (N-methyl/N-ethyl adjacent to an activating group) is 1. The van der Waals surface area contributed by atoms with Gasteiger partial charge in [0.1, 0.15) is 5.82 Å². The highest BCUT2D eigenvalue weighted by Gasteiger charge is 2.22. The third-order valence-corrected chi connectivity index (χ3v) is 6.85. The van der Waals surface area contributed by atoms with Crippen LogP contribution < -0.4 is 5.32 Å². The number of fused-ring (bicyclic) bond motifs is 1. The summed E-state index contributed by atoms with van der Waals surface area (Å²) in [7, 11) is 1.95. The fourth-order valence-corrected chi connectivity index (χ4v) is 4.89. The summed E-state index contributed by atoms with van der Waals surface area (Å²) in [5.74, 6) is -0.554. The van der Waals surface area contributed by atoms with Crippen molar-refractivity contribution < 1.29 is 14.3 Å². The number of carbonyl (C=O) groups excluding carboxylic acids is 1. The molecule has 0 radical (unpaired) electrons. The number of aromatic nitrogens is 3. The van der Waals surface area contributed by atoms with E-state index in [1.54, 1.807) is 6.20 Å². The van der Waals surface area contributed by atoms with Crippen molar-refractivity contribution in [1.82, 2.24) is 24.9 Å². The minimum atomic E-state index is -0.658. The van der Waals surface area contributed by atoms with Gasteiger partial charge in [-0.1, -0.05) is 18.2 Å². The Morgan fingerprint density at radius 3 is 2.79 bits per heavy atom. The number of pyridine rings is 1. The number of nitrogens with zero attached hydrogens (tertiary/aromatic N) is 5. The van der Waals surface area contributed by atoms with Gasteiger partial charge in [-0.15, -0.1) is 11.3 Å². The second kappa shape index (κ2) is 8.96. The number of rotatable bonds is 6. The Kier molecular flexibility index (Phi) is 5.84. The number of hydrazone groups is 1. The van der Waals surface area contributed by atoms with Crippen molar-refractivity contribution >= 4 is 29.0 Å². The fourth-order valence-electron chi connectivity index (χ4n) is 4.06. The van der Waals surface area contributed by atoms with Gasteiger partial charge in [0.15, 0.2) is 5.01 Å². The quantitative estimate of drug-likeness (QED) is 0.443. The summed E-state index contributed by atoms with van der Waals surface area (Å²) < 4.78 is 15.0. The standard InChI is InChI=1S/C24H23FN6O2S/c1-14-22(19-10-27-31-12-16(5-8-21(19)31)17-9-26-30(2)11-17)29-24(34-14)23(33)28-20(13-32)15-3-6-18(25)7-4-15/h3-10,12,17,20,32H,11,13H2,1-2H3,(H,28,33)/t17?,20-/m1/s1. The van der Waals surface area contributed by atoms with Crippen LogP contribution in [0.25, 0.3) is 16.8 Å². The minimum absolute atomic E-state index is 0.221. The molecule has 1 aromatic carbocycles. The number of nitrogens with one attached hydrogen (secondary N) is 1. The smallest absolute Gasteiger partial charge is 0.280 e. The van der Waals surface area contributed by atoms with Crippen LogP contribution in [0.3, 0.4) is 0 Å². The van der Waals surface area contributed by atoms with Crippen molar-refractivity contribution in [3.05, 3.63) is 75.6 Å². The SMILES string of the molecule is Cc1sc(C(=O)N[C@H](CO)c2ccc(F)cc2)nc1-c1cnn2cc(C3C=NN(C)C3)ccc12. The summed E-state index contributed by atoms with van der Waals surface area (Å²) in [5, 5.41) is 23.5. The van der Waals surface area contributed by atoms with Crippen LogP contribution in [0, 0.1) is 12.7 Å². The first-order valence-corrected chi connectivity index (χ1v) is 11.6. The topological polar surface area (TPSA) is 95.1 Å². The predicted octanol–water partition coefficient (Wildman–Crippen LogP) is 3.38. The van der Waals surface area contributed by atoms with E-state index in [1.807, 2.05) is 42.0 Å². The van der Waals surface area contributed by atoms with E-state index >= 15 is 0 Å². The average molecular weight is 479 g/mol. The van der Waals surface area contributed by atoms with Gasteiger partial charge in [-0.05, 0) is 36.2 Å². The van der Waals surface area contributed by atoms with Gasteiger partial charge in [-0.25, -0.2) is 13.9 Å². The van der Waals surface area contributed by atoms with Gasteiger partial charge in [0.2, 0.25) is 0 Å². The second-order valence-electron chi connectivity index (χ2n) is 8.25. The second-order valence-corrected chi connectivity index (χ2v) is 9.45. The largest absolute Gasteiger partial charge is 0.394 e. The lowest BCUT2D eigenvalue weighted by atomic mass is 10.0. The van der Waals surface area contributed by atoms with E-state index in [2.05, 4.69) is 26.6 Å². The maximum atomic E-state index is 13.2. The normalized spacial score (nSPS) is 16.4. The third kappa shape index (κ3) is 4.17. The van der Waals surface area contributed by atoms with Crippen LogP contribution >= 0.6 is 11.3 Å². The maximum absolute atomic E-state index is 13.2. The number of thiazole rings is 1. The van der Waals surface area contributed by atoms with Crippen LogP contribution in [0.5, 0.6) is 0 Å². The predicted molar refractivity (Wildman–Crippen MR) is 129 cm³/mol. The first kappa shape index (κ1) is 22.2. The Hall–Kier alpha value is -3.63. The molecule has 0 fully saturated rings. The molecule has 0 bridgehead atoms. The van der Waals surface area contributed by atoms with E-state index in [0.717, 1.165) is 28.1 Å². The summed E-state index contributed by atoms with van der Waals surface area (Å²) in [6.45, 7) is 2.43. The molecule has 10 heteroatoms. The summed E-state index contributed by atoms with van der Waals surface area (Å²) in [6, 6.07) is 9.09. The van der Waals surface area contributed by atoms with Gasteiger partial charge in [0.25, 0.3) is 5.91 Å². The van der Waals surface area contributed by atoms with E-state index in [9.17, 15) is 14.3 Å². The number of aliphatic hydroxyl groups is 1. The van der Waals surface area contributed by atoms with Crippen molar-refractivity contribution in [3.8, 4) is 11.3 Å².